The zero-order valence-electron chi connectivity index (χ0n) is 16.5. The van der Waals surface area contributed by atoms with Crippen molar-refractivity contribution in [3.8, 4) is 0 Å². The van der Waals surface area contributed by atoms with Gasteiger partial charge in [0.1, 0.15) is 11.3 Å². The van der Waals surface area contributed by atoms with Crippen LogP contribution in [0.1, 0.15) is 90.9 Å². The lowest BCUT2D eigenvalue weighted by Crippen LogP contribution is -2.19. The van der Waals surface area contributed by atoms with E-state index in [1.54, 1.807) is 7.05 Å². The molecule has 0 saturated carbocycles. The Balaban J connectivity index is 2.00. The second-order valence-electron chi connectivity index (χ2n) is 7.64. The van der Waals surface area contributed by atoms with Crippen molar-refractivity contribution in [1.29, 1.82) is 0 Å². The van der Waals surface area contributed by atoms with Crippen molar-refractivity contribution in [2.24, 2.45) is 5.92 Å². The average molecular weight is 352 g/mol. The van der Waals surface area contributed by atoms with Crippen molar-refractivity contribution in [3.05, 3.63) is 11.3 Å². The molecule has 1 atom stereocenters. The number of ketones is 1. The van der Waals surface area contributed by atoms with Gasteiger partial charge in [0, 0.05) is 13.5 Å². The van der Waals surface area contributed by atoms with Crippen molar-refractivity contribution in [3.63, 3.8) is 0 Å². The number of nitrogens with zero attached hydrogens (tertiary/aromatic N) is 1. The molecule has 4 heteroatoms. The summed E-state index contributed by atoms with van der Waals surface area (Å²) >= 11 is 0. The summed E-state index contributed by atoms with van der Waals surface area (Å²) in [6.07, 6.45) is 14.1. The molecule has 1 rings (SSSR count). The monoisotopic (exact) mass is 351 g/mol. The number of allylic oxidation sites excluding steroid dienone is 1. The van der Waals surface area contributed by atoms with Gasteiger partial charge in [-0.1, -0.05) is 78.1 Å². The van der Waals surface area contributed by atoms with Gasteiger partial charge in [-0.15, -0.1) is 0 Å². The highest BCUT2D eigenvalue weighted by Crippen LogP contribution is 2.20. The first-order valence-electron chi connectivity index (χ1n) is 10.2. The van der Waals surface area contributed by atoms with Crippen LogP contribution in [-0.2, 0) is 9.59 Å². The number of Topliss-reactive ketones (excluding diaryl/α,β-unsaturated/α-hetero) is 1. The zero-order chi connectivity index (χ0) is 18.7. The SMILES string of the molecule is CCC(C)CCCCCCCCCCC/C(O)=C1/C(=O)CN(C)C1=O. The lowest BCUT2D eigenvalue weighted by molar-refractivity contribution is -0.123. The van der Waals surface area contributed by atoms with Gasteiger partial charge < -0.3 is 10.0 Å². The fourth-order valence-corrected chi connectivity index (χ4v) is 3.31. The van der Waals surface area contributed by atoms with E-state index in [9.17, 15) is 14.7 Å². The molecule has 0 aliphatic carbocycles. The number of hydrogen-bond acceptors (Lipinski definition) is 3. The molecule has 1 unspecified atom stereocenters. The molecule has 1 heterocycles. The van der Waals surface area contributed by atoms with Crippen LogP contribution >= 0.6 is 0 Å². The van der Waals surface area contributed by atoms with E-state index >= 15 is 0 Å². The largest absolute Gasteiger partial charge is 0.511 e. The van der Waals surface area contributed by atoms with Crippen LogP contribution in [0.2, 0.25) is 0 Å². The lowest BCUT2D eigenvalue weighted by atomic mass is 9.99. The van der Waals surface area contributed by atoms with Crippen molar-refractivity contribution in [2.75, 3.05) is 13.6 Å². The van der Waals surface area contributed by atoms with Crippen LogP contribution in [0.4, 0.5) is 0 Å². The van der Waals surface area contributed by atoms with Gasteiger partial charge in [0.05, 0.1) is 6.54 Å². The summed E-state index contributed by atoms with van der Waals surface area (Å²) < 4.78 is 0. The maximum absolute atomic E-state index is 11.8. The number of aliphatic hydroxyl groups is 1. The predicted octanol–water partition coefficient (Wildman–Crippen LogP) is 5.18. The number of rotatable bonds is 13. The summed E-state index contributed by atoms with van der Waals surface area (Å²) in [5.41, 5.74) is 0.0138. The Morgan fingerprint density at radius 1 is 1.00 bits per heavy atom. The fourth-order valence-electron chi connectivity index (χ4n) is 3.31. The molecule has 1 aliphatic heterocycles. The van der Waals surface area contributed by atoms with Crippen LogP contribution < -0.4 is 0 Å². The predicted molar refractivity (Wildman–Crippen MR) is 103 cm³/mol. The molecule has 4 nitrogen and oxygen atoms in total. The third-order valence-corrected chi connectivity index (χ3v) is 5.32. The molecule has 0 aromatic rings. The number of amides is 1. The normalized spacial score (nSPS) is 18.1. The molecule has 144 valence electrons. The van der Waals surface area contributed by atoms with Crippen LogP contribution in [-0.4, -0.2) is 35.3 Å². The summed E-state index contributed by atoms with van der Waals surface area (Å²) in [6, 6.07) is 0. The van der Waals surface area contributed by atoms with E-state index in [2.05, 4.69) is 13.8 Å². The summed E-state index contributed by atoms with van der Waals surface area (Å²) in [5.74, 6) is 0.274. The molecule has 1 amide bonds. The van der Waals surface area contributed by atoms with Crippen LogP contribution in [0, 0.1) is 5.92 Å². The summed E-state index contributed by atoms with van der Waals surface area (Å²) in [6.45, 7) is 4.70. The van der Waals surface area contributed by atoms with E-state index in [1.165, 1.54) is 56.3 Å². The molecule has 0 spiro atoms. The molecule has 0 aromatic carbocycles. The second kappa shape index (κ2) is 12.1. The van der Waals surface area contributed by atoms with Crippen molar-refractivity contribution < 1.29 is 14.7 Å². The highest BCUT2D eigenvalue weighted by atomic mass is 16.3. The topological polar surface area (TPSA) is 57.6 Å². The lowest BCUT2D eigenvalue weighted by Gasteiger charge is -2.07. The third kappa shape index (κ3) is 8.06. The fraction of sp³-hybridized carbons (Fsp3) is 0.810. The standard InChI is InChI=1S/C21H37NO3/c1-4-17(2)14-12-10-8-6-5-7-9-11-13-15-18(23)20-19(24)16-22(3)21(20)25/h17,23H,4-16H2,1-3H3/b20-18+. The molecule has 1 aliphatic rings. The van der Waals surface area contributed by atoms with Crippen LogP contribution in [0.5, 0.6) is 0 Å². The Labute approximate surface area is 153 Å². The molecular weight excluding hydrogens is 314 g/mol. The minimum atomic E-state index is -0.337. The van der Waals surface area contributed by atoms with Gasteiger partial charge in [-0.05, 0) is 12.3 Å². The first-order chi connectivity index (χ1) is 12.0. The summed E-state index contributed by atoms with van der Waals surface area (Å²) in [7, 11) is 1.59. The van der Waals surface area contributed by atoms with E-state index in [4.69, 9.17) is 0 Å². The number of likely N-dealkylation sites (tertiary alicyclic amines) is 1. The van der Waals surface area contributed by atoms with Crippen LogP contribution in [0.3, 0.4) is 0 Å². The van der Waals surface area contributed by atoms with Gasteiger partial charge in [0.15, 0.2) is 5.78 Å². The van der Waals surface area contributed by atoms with Crippen molar-refractivity contribution >= 4 is 11.7 Å². The number of unbranched alkanes of at least 4 members (excludes halogenated alkanes) is 8. The first kappa shape index (κ1) is 21.7. The van der Waals surface area contributed by atoms with E-state index in [0.717, 1.165) is 25.2 Å². The van der Waals surface area contributed by atoms with Gasteiger partial charge >= 0.3 is 0 Å². The quantitative estimate of drug-likeness (QED) is 0.215. The Bertz CT molecular complexity index is 456. The molecule has 1 fully saturated rings. The van der Waals surface area contributed by atoms with Crippen molar-refractivity contribution in [1.82, 2.24) is 4.90 Å². The van der Waals surface area contributed by atoms with Crippen molar-refractivity contribution in [2.45, 2.75) is 90.9 Å². The molecule has 0 aromatic heterocycles. The first-order valence-corrected chi connectivity index (χ1v) is 10.2. The van der Waals surface area contributed by atoms with Crippen LogP contribution in [0.25, 0.3) is 0 Å². The number of hydrogen-bond donors (Lipinski definition) is 1. The highest BCUT2D eigenvalue weighted by molar-refractivity contribution is 6.25. The third-order valence-electron chi connectivity index (χ3n) is 5.32. The average Bonchev–Trinajstić information content (AvgIpc) is 2.84. The minimum Gasteiger partial charge on any atom is -0.511 e. The number of likely N-dealkylation sites (N-methyl/N-ethyl adjacent to an activating group) is 1. The summed E-state index contributed by atoms with van der Waals surface area (Å²) in [4.78, 5) is 24.8. The number of carbonyl (C=O) groups excluding carboxylic acids is 2. The smallest absolute Gasteiger partial charge is 0.261 e. The van der Waals surface area contributed by atoms with Gasteiger partial charge in [0.2, 0.25) is 0 Å². The van der Waals surface area contributed by atoms with E-state index in [0.29, 0.717) is 6.42 Å². The number of carbonyl (C=O) groups is 2. The summed E-state index contributed by atoms with van der Waals surface area (Å²) in [5, 5.41) is 10.00. The molecule has 0 radical (unpaired) electrons. The van der Waals surface area contributed by atoms with E-state index < -0.39 is 0 Å². The molecular formula is C21H37NO3. The zero-order valence-corrected chi connectivity index (χ0v) is 16.5. The molecule has 25 heavy (non-hydrogen) atoms. The second-order valence-corrected chi connectivity index (χ2v) is 7.64. The molecule has 1 saturated heterocycles. The van der Waals surface area contributed by atoms with Crippen LogP contribution in [0.15, 0.2) is 11.3 Å². The van der Waals surface area contributed by atoms with Gasteiger partial charge in [-0.3, -0.25) is 9.59 Å². The number of aliphatic hydroxyl groups excluding tert-OH is 1. The van der Waals surface area contributed by atoms with E-state index in [1.807, 2.05) is 0 Å². The van der Waals surface area contributed by atoms with Gasteiger partial charge in [-0.2, -0.15) is 0 Å². The highest BCUT2D eigenvalue weighted by Gasteiger charge is 2.33. The maximum atomic E-state index is 11.8. The minimum absolute atomic E-state index is 0.0133. The Morgan fingerprint density at radius 2 is 1.52 bits per heavy atom. The maximum Gasteiger partial charge on any atom is 0.261 e. The Hall–Kier alpha value is -1.32. The van der Waals surface area contributed by atoms with Gasteiger partial charge in [0.25, 0.3) is 5.91 Å². The Morgan fingerprint density at radius 3 is 2.00 bits per heavy atom. The molecule has 1 N–H and O–H groups in total. The van der Waals surface area contributed by atoms with Gasteiger partial charge in [-0.25, -0.2) is 0 Å². The van der Waals surface area contributed by atoms with E-state index in [-0.39, 0.29) is 29.6 Å². The Kier molecular flexibility index (Phi) is 10.5. The molecule has 0 bridgehead atoms.